The van der Waals surface area contributed by atoms with Gasteiger partial charge in [-0.05, 0) is 43.4 Å². The van der Waals surface area contributed by atoms with Crippen molar-refractivity contribution in [2.75, 3.05) is 6.61 Å². The molecule has 0 bridgehead atoms. The van der Waals surface area contributed by atoms with Crippen LogP contribution in [0.3, 0.4) is 0 Å². The predicted octanol–water partition coefficient (Wildman–Crippen LogP) is 2.17. The predicted molar refractivity (Wildman–Crippen MR) is 68.0 cm³/mol. The molecule has 94 valence electrons. The van der Waals surface area contributed by atoms with Gasteiger partial charge < -0.3 is 15.6 Å². The number of hydrogen-bond acceptors (Lipinski definition) is 3. The summed E-state index contributed by atoms with van der Waals surface area (Å²) in [7, 11) is 0. The van der Waals surface area contributed by atoms with Gasteiger partial charge in [-0.15, -0.1) is 0 Å². The molecule has 2 atom stereocenters. The lowest BCUT2D eigenvalue weighted by molar-refractivity contribution is 0.0430. The van der Waals surface area contributed by atoms with Crippen LogP contribution in [-0.4, -0.2) is 17.8 Å². The van der Waals surface area contributed by atoms with Crippen LogP contribution in [0, 0.1) is 0 Å². The topological polar surface area (TPSA) is 55.5 Å². The van der Waals surface area contributed by atoms with Crippen molar-refractivity contribution in [3.05, 3.63) is 29.8 Å². The van der Waals surface area contributed by atoms with Crippen molar-refractivity contribution in [1.82, 2.24) is 0 Å². The van der Waals surface area contributed by atoms with Crippen molar-refractivity contribution < 1.29 is 9.84 Å². The van der Waals surface area contributed by atoms with E-state index in [0.29, 0.717) is 6.42 Å². The summed E-state index contributed by atoms with van der Waals surface area (Å²) in [5.41, 5.74) is 6.08. The minimum absolute atomic E-state index is 0.121. The van der Waals surface area contributed by atoms with Crippen LogP contribution in [0.25, 0.3) is 0 Å². The Bertz CT molecular complexity index is 363. The van der Waals surface area contributed by atoms with E-state index in [0.717, 1.165) is 37.2 Å². The fourth-order valence-electron chi connectivity index (χ4n) is 2.41. The van der Waals surface area contributed by atoms with Gasteiger partial charge in [-0.3, -0.25) is 0 Å². The van der Waals surface area contributed by atoms with Crippen LogP contribution in [0.1, 0.15) is 38.2 Å². The minimum atomic E-state index is -0.733. The summed E-state index contributed by atoms with van der Waals surface area (Å²) >= 11 is 0. The molecule has 1 aromatic rings. The minimum Gasteiger partial charge on any atom is -0.494 e. The first-order chi connectivity index (χ1) is 8.14. The molecule has 1 saturated carbocycles. The second-order valence-electron chi connectivity index (χ2n) is 4.91. The second kappa shape index (κ2) is 5.07. The Morgan fingerprint density at radius 3 is 2.65 bits per heavy atom. The van der Waals surface area contributed by atoms with Crippen LogP contribution >= 0.6 is 0 Å². The van der Waals surface area contributed by atoms with Gasteiger partial charge in [0.2, 0.25) is 0 Å². The third kappa shape index (κ3) is 2.79. The number of ether oxygens (including phenoxy) is 1. The zero-order valence-corrected chi connectivity index (χ0v) is 10.4. The van der Waals surface area contributed by atoms with Gasteiger partial charge in [0.25, 0.3) is 0 Å². The highest BCUT2D eigenvalue weighted by Crippen LogP contribution is 2.38. The highest BCUT2D eigenvalue weighted by Gasteiger charge is 2.37. The smallest absolute Gasteiger partial charge is 0.119 e. The number of hydrogen-bond donors (Lipinski definition) is 2. The van der Waals surface area contributed by atoms with Crippen LogP contribution < -0.4 is 10.5 Å². The third-order valence-corrected chi connectivity index (χ3v) is 3.39. The van der Waals surface area contributed by atoms with Gasteiger partial charge in [-0.25, -0.2) is 0 Å². The van der Waals surface area contributed by atoms with Gasteiger partial charge in [-0.1, -0.05) is 19.1 Å². The maximum atomic E-state index is 10.5. The van der Waals surface area contributed by atoms with E-state index in [1.54, 1.807) is 0 Å². The van der Waals surface area contributed by atoms with Crippen molar-refractivity contribution in [2.24, 2.45) is 5.73 Å². The lowest BCUT2D eigenvalue weighted by atomic mass is 9.92. The monoisotopic (exact) mass is 235 g/mol. The Hall–Kier alpha value is -1.06. The molecule has 3 nitrogen and oxygen atoms in total. The Morgan fingerprint density at radius 1 is 1.41 bits per heavy atom. The average molecular weight is 235 g/mol. The molecule has 2 rings (SSSR count). The zero-order valence-electron chi connectivity index (χ0n) is 10.4. The van der Waals surface area contributed by atoms with Crippen molar-refractivity contribution in [3.63, 3.8) is 0 Å². The third-order valence-electron chi connectivity index (χ3n) is 3.39. The van der Waals surface area contributed by atoms with E-state index >= 15 is 0 Å². The van der Waals surface area contributed by atoms with Crippen LogP contribution in [0.4, 0.5) is 0 Å². The van der Waals surface area contributed by atoms with E-state index < -0.39 is 5.60 Å². The number of rotatable bonds is 4. The SMILES string of the molecule is CCCOc1ccc(C2(O)CCC(N)C2)cc1. The van der Waals surface area contributed by atoms with Gasteiger partial charge in [0.1, 0.15) is 5.75 Å². The van der Waals surface area contributed by atoms with Crippen LogP contribution in [0.5, 0.6) is 5.75 Å². The van der Waals surface area contributed by atoms with E-state index in [1.807, 2.05) is 24.3 Å². The van der Waals surface area contributed by atoms with Gasteiger partial charge in [0.05, 0.1) is 12.2 Å². The molecule has 3 N–H and O–H groups in total. The van der Waals surface area contributed by atoms with Crippen LogP contribution in [0.15, 0.2) is 24.3 Å². The van der Waals surface area contributed by atoms with E-state index in [4.69, 9.17) is 10.5 Å². The Labute approximate surface area is 103 Å². The van der Waals surface area contributed by atoms with Crippen molar-refractivity contribution in [3.8, 4) is 5.75 Å². The largest absolute Gasteiger partial charge is 0.494 e. The van der Waals surface area contributed by atoms with E-state index in [1.165, 1.54) is 0 Å². The van der Waals surface area contributed by atoms with Crippen molar-refractivity contribution in [1.29, 1.82) is 0 Å². The highest BCUT2D eigenvalue weighted by atomic mass is 16.5. The molecule has 1 aliphatic rings. The molecule has 0 radical (unpaired) electrons. The molecule has 0 aromatic heterocycles. The molecular formula is C14H21NO2. The molecule has 0 amide bonds. The average Bonchev–Trinajstić information content (AvgIpc) is 2.68. The highest BCUT2D eigenvalue weighted by molar-refractivity contribution is 5.31. The lowest BCUT2D eigenvalue weighted by Gasteiger charge is -2.23. The van der Waals surface area contributed by atoms with Crippen LogP contribution in [-0.2, 0) is 5.60 Å². The Morgan fingerprint density at radius 2 is 2.12 bits per heavy atom. The van der Waals surface area contributed by atoms with Crippen molar-refractivity contribution >= 4 is 0 Å². The first kappa shape index (κ1) is 12.4. The molecule has 0 saturated heterocycles. The maximum absolute atomic E-state index is 10.5. The first-order valence-corrected chi connectivity index (χ1v) is 6.35. The van der Waals surface area contributed by atoms with E-state index in [9.17, 15) is 5.11 Å². The molecule has 1 fully saturated rings. The molecule has 1 aliphatic carbocycles. The summed E-state index contributed by atoms with van der Waals surface area (Å²) in [5.74, 6) is 0.862. The summed E-state index contributed by atoms with van der Waals surface area (Å²) in [5, 5.41) is 10.5. The molecule has 2 unspecified atom stereocenters. The summed E-state index contributed by atoms with van der Waals surface area (Å²) in [4.78, 5) is 0. The molecule has 17 heavy (non-hydrogen) atoms. The van der Waals surface area contributed by atoms with Gasteiger partial charge >= 0.3 is 0 Å². The Kier molecular flexibility index (Phi) is 3.69. The first-order valence-electron chi connectivity index (χ1n) is 6.35. The quantitative estimate of drug-likeness (QED) is 0.841. The van der Waals surface area contributed by atoms with Gasteiger partial charge in [0, 0.05) is 6.04 Å². The molecular weight excluding hydrogens is 214 g/mol. The molecule has 3 heteroatoms. The van der Waals surface area contributed by atoms with E-state index in [-0.39, 0.29) is 6.04 Å². The Balaban J connectivity index is 2.07. The summed E-state index contributed by atoms with van der Waals surface area (Å²) < 4.78 is 5.52. The maximum Gasteiger partial charge on any atom is 0.119 e. The molecule has 1 aromatic carbocycles. The number of aliphatic hydroxyl groups is 1. The zero-order chi connectivity index (χ0) is 12.3. The number of benzene rings is 1. The molecule has 0 spiro atoms. The fourth-order valence-corrected chi connectivity index (χ4v) is 2.41. The van der Waals surface area contributed by atoms with Crippen LogP contribution in [0.2, 0.25) is 0 Å². The van der Waals surface area contributed by atoms with Gasteiger partial charge in [0.15, 0.2) is 0 Å². The molecule has 0 heterocycles. The number of nitrogens with two attached hydrogens (primary N) is 1. The summed E-state index contributed by atoms with van der Waals surface area (Å²) in [6, 6.07) is 7.86. The van der Waals surface area contributed by atoms with Gasteiger partial charge in [-0.2, -0.15) is 0 Å². The summed E-state index contributed by atoms with van der Waals surface area (Å²) in [6.45, 7) is 2.81. The lowest BCUT2D eigenvalue weighted by Crippen LogP contribution is -2.25. The summed E-state index contributed by atoms with van der Waals surface area (Å²) in [6.07, 6.45) is 3.30. The second-order valence-corrected chi connectivity index (χ2v) is 4.91. The molecule has 0 aliphatic heterocycles. The van der Waals surface area contributed by atoms with E-state index in [2.05, 4.69) is 6.92 Å². The standard InChI is InChI=1S/C14H21NO2/c1-2-9-17-13-5-3-11(4-6-13)14(16)8-7-12(15)10-14/h3-6,12,16H,2,7-10,15H2,1H3. The normalized spacial score (nSPS) is 28.3. The fraction of sp³-hybridized carbons (Fsp3) is 0.571. The van der Waals surface area contributed by atoms with Crippen molar-refractivity contribution in [2.45, 2.75) is 44.2 Å².